The molecule has 0 fully saturated rings. The molecule has 2 aromatic heterocycles. The maximum atomic E-state index is 11.7. The van der Waals surface area contributed by atoms with E-state index in [2.05, 4.69) is 27.4 Å². The first kappa shape index (κ1) is 11.3. The molecule has 2 N–H and O–H groups in total. The first-order valence-electron chi connectivity index (χ1n) is 5.48. The SMILES string of the molecule is CCc1ccc(NC(=O)c2ccn[nH]2)nc1C. The minimum Gasteiger partial charge on any atom is -0.305 e. The van der Waals surface area contributed by atoms with Gasteiger partial charge in [0.1, 0.15) is 11.5 Å². The van der Waals surface area contributed by atoms with E-state index in [0.29, 0.717) is 11.5 Å². The number of aryl methyl sites for hydroxylation is 2. The fraction of sp³-hybridized carbons (Fsp3) is 0.250. The van der Waals surface area contributed by atoms with Crippen LogP contribution >= 0.6 is 0 Å². The first-order valence-corrected chi connectivity index (χ1v) is 5.48. The van der Waals surface area contributed by atoms with Gasteiger partial charge in [0.15, 0.2) is 0 Å². The van der Waals surface area contributed by atoms with E-state index in [1.165, 1.54) is 11.8 Å². The van der Waals surface area contributed by atoms with Gasteiger partial charge in [0.05, 0.1) is 0 Å². The van der Waals surface area contributed by atoms with Crippen molar-refractivity contribution < 1.29 is 4.79 Å². The van der Waals surface area contributed by atoms with Crippen LogP contribution in [0.2, 0.25) is 0 Å². The van der Waals surface area contributed by atoms with Crippen molar-refractivity contribution in [2.24, 2.45) is 0 Å². The number of aromatic nitrogens is 3. The van der Waals surface area contributed by atoms with Gasteiger partial charge in [0, 0.05) is 11.9 Å². The van der Waals surface area contributed by atoms with Crippen LogP contribution in [0, 0.1) is 6.92 Å². The molecule has 0 radical (unpaired) electrons. The van der Waals surface area contributed by atoms with Crippen LogP contribution in [0.5, 0.6) is 0 Å². The van der Waals surface area contributed by atoms with Crippen molar-refractivity contribution in [2.75, 3.05) is 5.32 Å². The number of aromatic amines is 1. The number of H-pyrrole nitrogens is 1. The van der Waals surface area contributed by atoms with Crippen LogP contribution in [0.1, 0.15) is 28.7 Å². The summed E-state index contributed by atoms with van der Waals surface area (Å²) in [4.78, 5) is 16.0. The Morgan fingerprint density at radius 1 is 1.41 bits per heavy atom. The molecule has 5 nitrogen and oxygen atoms in total. The number of nitrogens with zero attached hydrogens (tertiary/aromatic N) is 2. The van der Waals surface area contributed by atoms with Gasteiger partial charge in [-0.25, -0.2) is 4.98 Å². The van der Waals surface area contributed by atoms with E-state index in [-0.39, 0.29) is 5.91 Å². The fourth-order valence-electron chi connectivity index (χ4n) is 1.60. The summed E-state index contributed by atoms with van der Waals surface area (Å²) in [6.45, 7) is 4.01. The highest BCUT2D eigenvalue weighted by atomic mass is 16.2. The molecular formula is C12H14N4O. The van der Waals surface area contributed by atoms with Crippen molar-refractivity contribution >= 4 is 11.7 Å². The van der Waals surface area contributed by atoms with Gasteiger partial charge in [-0.3, -0.25) is 9.89 Å². The average molecular weight is 230 g/mol. The minimum absolute atomic E-state index is 0.237. The van der Waals surface area contributed by atoms with Crippen molar-refractivity contribution in [1.82, 2.24) is 15.2 Å². The van der Waals surface area contributed by atoms with Crippen LogP contribution in [0.3, 0.4) is 0 Å². The number of hydrogen-bond donors (Lipinski definition) is 2. The molecule has 2 aromatic rings. The number of rotatable bonds is 3. The van der Waals surface area contributed by atoms with Gasteiger partial charge in [-0.05, 0) is 31.0 Å². The number of carbonyl (C=O) groups is 1. The normalized spacial score (nSPS) is 10.2. The maximum Gasteiger partial charge on any atom is 0.274 e. The zero-order valence-corrected chi connectivity index (χ0v) is 9.82. The number of amides is 1. The second-order valence-corrected chi connectivity index (χ2v) is 3.72. The van der Waals surface area contributed by atoms with E-state index in [0.717, 1.165) is 12.1 Å². The topological polar surface area (TPSA) is 70.7 Å². The summed E-state index contributed by atoms with van der Waals surface area (Å²) in [6, 6.07) is 5.40. The molecule has 0 saturated heterocycles. The van der Waals surface area contributed by atoms with Crippen molar-refractivity contribution in [3.63, 3.8) is 0 Å². The summed E-state index contributed by atoms with van der Waals surface area (Å²) in [5, 5.41) is 9.04. The Morgan fingerprint density at radius 2 is 2.24 bits per heavy atom. The third-order valence-corrected chi connectivity index (χ3v) is 2.56. The predicted octanol–water partition coefficient (Wildman–Crippen LogP) is 1.93. The number of anilines is 1. The summed E-state index contributed by atoms with van der Waals surface area (Å²) >= 11 is 0. The average Bonchev–Trinajstić information content (AvgIpc) is 2.82. The quantitative estimate of drug-likeness (QED) is 0.846. The van der Waals surface area contributed by atoms with E-state index in [1.807, 2.05) is 13.0 Å². The highest BCUT2D eigenvalue weighted by Crippen LogP contribution is 2.11. The number of pyridine rings is 1. The molecule has 2 heterocycles. The molecule has 0 bridgehead atoms. The van der Waals surface area contributed by atoms with Crippen molar-refractivity contribution in [2.45, 2.75) is 20.3 Å². The standard InChI is InChI=1S/C12H14N4O/c1-3-9-4-5-11(14-8(9)2)15-12(17)10-6-7-13-16-10/h4-7H,3H2,1-2H3,(H,13,16)(H,14,15,17). The molecule has 88 valence electrons. The van der Waals surface area contributed by atoms with Crippen LogP contribution < -0.4 is 5.32 Å². The highest BCUT2D eigenvalue weighted by molar-refractivity contribution is 6.02. The summed E-state index contributed by atoms with van der Waals surface area (Å²) in [7, 11) is 0. The van der Waals surface area contributed by atoms with E-state index in [9.17, 15) is 4.79 Å². The molecule has 5 heteroatoms. The smallest absolute Gasteiger partial charge is 0.274 e. The largest absolute Gasteiger partial charge is 0.305 e. The number of carbonyl (C=O) groups excluding carboxylic acids is 1. The van der Waals surface area contributed by atoms with E-state index in [4.69, 9.17) is 0 Å². The second-order valence-electron chi connectivity index (χ2n) is 3.72. The van der Waals surface area contributed by atoms with Crippen LogP contribution in [-0.4, -0.2) is 21.1 Å². The lowest BCUT2D eigenvalue weighted by atomic mass is 10.1. The Bertz CT molecular complexity index is 519. The Balaban J connectivity index is 2.14. The van der Waals surface area contributed by atoms with E-state index >= 15 is 0 Å². The zero-order chi connectivity index (χ0) is 12.3. The monoisotopic (exact) mass is 230 g/mol. The van der Waals surface area contributed by atoms with Gasteiger partial charge >= 0.3 is 0 Å². The molecule has 1 amide bonds. The van der Waals surface area contributed by atoms with Crippen LogP contribution in [0.4, 0.5) is 5.82 Å². The molecule has 0 unspecified atom stereocenters. The minimum atomic E-state index is -0.237. The lowest BCUT2D eigenvalue weighted by Crippen LogP contribution is -2.14. The fourth-order valence-corrected chi connectivity index (χ4v) is 1.60. The number of nitrogens with one attached hydrogen (secondary N) is 2. The molecule has 2 rings (SSSR count). The molecule has 0 spiro atoms. The van der Waals surface area contributed by atoms with Crippen LogP contribution in [0.15, 0.2) is 24.4 Å². The predicted molar refractivity (Wildman–Crippen MR) is 64.9 cm³/mol. The van der Waals surface area contributed by atoms with Gasteiger partial charge in [0.2, 0.25) is 0 Å². The van der Waals surface area contributed by atoms with Crippen LogP contribution in [0.25, 0.3) is 0 Å². The maximum absolute atomic E-state index is 11.7. The summed E-state index contributed by atoms with van der Waals surface area (Å²) in [6.07, 6.45) is 2.47. The van der Waals surface area contributed by atoms with Gasteiger partial charge in [0.25, 0.3) is 5.91 Å². The molecule has 0 atom stereocenters. The number of hydrogen-bond acceptors (Lipinski definition) is 3. The molecule has 0 aromatic carbocycles. The Hall–Kier alpha value is -2.17. The molecule has 17 heavy (non-hydrogen) atoms. The van der Waals surface area contributed by atoms with E-state index < -0.39 is 0 Å². The Kier molecular flexibility index (Phi) is 3.18. The summed E-state index contributed by atoms with van der Waals surface area (Å²) < 4.78 is 0. The van der Waals surface area contributed by atoms with Crippen LogP contribution in [-0.2, 0) is 6.42 Å². The summed E-state index contributed by atoms with van der Waals surface area (Å²) in [5.41, 5.74) is 2.54. The molecular weight excluding hydrogens is 216 g/mol. The second kappa shape index (κ2) is 4.78. The lowest BCUT2D eigenvalue weighted by Gasteiger charge is -2.06. The zero-order valence-electron chi connectivity index (χ0n) is 9.82. The highest BCUT2D eigenvalue weighted by Gasteiger charge is 2.08. The van der Waals surface area contributed by atoms with Gasteiger partial charge < -0.3 is 5.32 Å². The van der Waals surface area contributed by atoms with Crippen molar-refractivity contribution in [1.29, 1.82) is 0 Å². The van der Waals surface area contributed by atoms with Gasteiger partial charge in [-0.15, -0.1) is 0 Å². The lowest BCUT2D eigenvalue weighted by molar-refractivity contribution is 0.102. The van der Waals surface area contributed by atoms with Gasteiger partial charge in [-0.1, -0.05) is 13.0 Å². The van der Waals surface area contributed by atoms with Crippen molar-refractivity contribution in [3.05, 3.63) is 41.3 Å². The van der Waals surface area contributed by atoms with E-state index in [1.54, 1.807) is 12.1 Å². The third kappa shape index (κ3) is 2.50. The Morgan fingerprint density at radius 3 is 2.82 bits per heavy atom. The van der Waals surface area contributed by atoms with Gasteiger partial charge in [-0.2, -0.15) is 5.10 Å². The first-order chi connectivity index (χ1) is 8.20. The Labute approximate surface area is 99.3 Å². The third-order valence-electron chi connectivity index (χ3n) is 2.56. The molecule has 0 saturated carbocycles. The molecule has 0 aliphatic rings. The van der Waals surface area contributed by atoms with Crippen molar-refractivity contribution in [3.8, 4) is 0 Å². The molecule has 0 aliphatic heterocycles. The summed E-state index contributed by atoms with van der Waals surface area (Å²) in [5.74, 6) is 0.318. The molecule has 0 aliphatic carbocycles.